The Morgan fingerprint density at radius 2 is 2.22 bits per heavy atom. The molecule has 0 spiro atoms. The van der Waals surface area contributed by atoms with Gasteiger partial charge in [0, 0.05) is 25.2 Å². The molecule has 1 aromatic carbocycles. The molecule has 0 radical (unpaired) electrons. The molecule has 5 heteroatoms. The summed E-state index contributed by atoms with van der Waals surface area (Å²) in [6.07, 6.45) is 0.675. The number of hydrogen-bond acceptors (Lipinski definition) is 2. The third-order valence-electron chi connectivity index (χ3n) is 3.21. The predicted molar refractivity (Wildman–Crippen MR) is 67.3 cm³/mol. The molecule has 2 unspecified atom stereocenters. The number of aliphatic hydroxyl groups excluding tert-OH is 1. The molecule has 0 aliphatic carbocycles. The molecule has 1 fully saturated rings. The number of ether oxygens (including phenoxy) is 1. The molecule has 1 saturated heterocycles. The summed E-state index contributed by atoms with van der Waals surface area (Å²) in [5, 5.41) is 9.90. The van der Waals surface area contributed by atoms with Crippen molar-refractivity contribution >= 4 is 15.9 Å². The number of hydrogen-bond donors (Lipinski definition) is 1. The van der Waals surface area contributed by atoms with Crippen molar-refractivity contribution in [2.75, 3.05) is 13.2 Å². The lowest BCUT2D eigenvalue weighted by Crippen LogP contribution is -2.18. The average Bonchev–Trinajstić information content (AvgIpc) is 2.82. The Hall–Kier alpha value is -0.520. The minimum Gasteiger partial charge on any atom is -0.393 e. The van der Waals surface area contributed by atoms with E-state index in [0.29, 0.717) is 25.6 Å². The van der Waals surface area contributed by atoms with Crippen LogP contribution >= 0.6 is 15.9 Å². The zero-order chi connectivity index (χ0) is 13.1. The molecule has 100 valence electrons. The molecule has 1 aliphatic rings. The Bertz CT molecular complexity index is 420. The minimum atomic E-state index is -0.741. The van der Waals surface area contributed by atoms with Crippen molar-refractivity contribution < 1.29 is 18.6 Å². The average molecular weight is 321 g/mol. The summed E-state index contributed by atoms with van der Waals surface area (Å²) in [6, 6.07) is 2.53. The van der Waals surface area contributed by atoms with Crippen molar-refractivity contribution in [1.82, 2.24) is 0 Å². The Kier molecular flexibility index (Phi) is 4.70. The van der Waals surface area contributed by atoms with Crippen molar-refractivity contribution in [2.24, 2.45) is 5.92 Å². The smallest absolute Gasteiger partial charge is 0.143 e. The highest BCUT2D eigenvalue weighted by atomic mass is 79.9. The van der Waals surface area contributed by atoms with E-state index in [-0.39, 0.29) is 16.5 Å². The quantitative estimate of drug-likeness (QED) is 0.864. The molecule has 1 heterocycles. The molecule has 2 nitrogen and oxygen atoms in total. The van der Waals surface area contributed by atoms with Gasteiger partial charge in [-0.2, -0.15) is 0 Å². The van der Waals surface area contributed by atoms with E-state index in [2.05, 4.69) is 15.9 Å². The third-order valence-corrected chi connectivity index (χ3v) is 3.82. The fourth-order valence-electron chi connectivity index (χ4n) is 2.23. The zero-order valence-electron chi connectivity index (χ0n) is 9.83. The van der Waals surface area contributed by atoms with Crippen LogP contribution in [0.2, 0.25) is 0 Å². The van der Waals surface area contributed by atoms with Gasteiger partial charge in [0.2, 0.25) is 0 Å². The lowest BCUT2D eigenvalue weighted by Gasteiger charge is -2.15. The van der Waals surface area contributed by atoms with Gasteiger partial charge in [0.25, 0.3) is 0 Å². The first-order valence-electron chi connectivity index (χ1n) is 5.96. The van der Waals surface area contributed by atoms with E-state index in [0.717, 1.165) is 6.42 Å². The first kappa shape index (κ1) is 13.9. The van der Waals surface area contributed by atoms with Crippen molar-refractivity contribution in [2.45, 2.75) is 25.4 Å². The Labute approximate surface area is 113 Å². The predicted octanol–water partition coefficient (Wildman–Crippen LogP) is 3.06. The topological polar surface area (TPSA) is 29.5 Å². The van der Waals surface area contributed by atoms with Crippen molar-refractivity contribution in [3.63, 3.8) is 0 Å². The Morgan fingerprint density at radius 3 is 2.89 bits per heavy atom. The highest BCUT2D eigenvalue weighted by Crippen LogP contribution is 2.25. The van der Waals surface area contributed by atoms with Gasteiger partial charge in [0.15, 0.2) is 0 Å². The second-order valence-corrected chi connectivity index (χ2v) is 5.50. The maximum absolute atomic E-state index is 13.7. The van der Waals surface area contributed by atoms with Gasteiger partial charge in [-0.1, -0.05) is 0 Å². The largest absolute Gasteiger partial charge is 0.393 e. The monoisotopic (exact) mass is 320 g/mol. The van der Waals surface area contributed by atoms with Gasteiger partial charge in [-0.15, -0.1) is 0 Å². The first-order valence-corrected chi connectivity index (χ1v) is 6.75. The molecule has 0 saturated carbocycles. The van der Waals surface area contributed by atoms with E-state index in [1.54, 1.807) is 0 Å². The number of rotatable bonds is 4. The molecule has 0 aromatic heterocycles. The summed E-state index contributed by atoms with van der Waals surface area (Å²) in [7, 11) is 0. The molecule has 0 amide bonds. The van der Waals surface area contributed by atoms with Gasteiger partial charge in [0.1, 0.15) is 11.6 Å². The van der Waals surface area contributed by atoms with Gasteiger partial charge in [-0.05, 0) is 46.8 Å². The SMILES string of the molecule is OC(Cc1c(F)ccc(Br)c1F)CC1CCOC1. The van der Waals surface area contributed by atoms with Crippen molar-refractivity contribution in [3.05, 3.63) is 33.8 Å². The number of halogens is 3. The van der Waals surface area contributed by atoms with E-state index in [1.165, 1.54) is 12.1 Å². The number of benzene rings is 1. The maximum atomic E-state index is 13.7. The normalized spacial score (nSPS) is 21.2. The molecule has 18 heavy (non-hydrogen) atoms. The third kappa shape index (κ3) is 3.28. The van der Waals surface area contributed by atoms with Crippen molar-refractivity contribution in [1.29, 1.82) is 0 Å². The van der Waals surface area contributed by atoms with Crippen LogP contribution in [0.15, 0.2) is 16.6 Å². The summed E-state index contributed by atoms with van der Waals surface area (Å²) in [5.74, 6) is -0.951. The molecule has 0 bridgehead atoms. The van der Waals surface area contributed by atoms with Crippen LogP contribution in [0, 0.1) is 17.6 Å². The van der Waals surface area contributed by atoms with Crippen molar-refractivity contribution in [3.8, 4) is 0 Å². The second kappa shape index (κ2) is 6.08. The van der Waals surface area contributed by atoms with Gasteiger partial charge < -0.3 is 9.84 Å². The van der Waals surface area contributed by atoms with Crippen LogP contribution in [-0.2, 0) is 11.2 Å². The van der Waals surface area contributed by atoms with Crippen LogP contribution in [0.1, 0.15) is 18.4 Å². The van der Waals surface area contributed by atoms with Crippen LogP contribution in [-0.4, -0.2) is 24.4 Å². The highest BCUT2D eigenvalue weighted by molar-refractivity contribution is 9.10. The van der Waals surface area contributed by atoms with Crippen LogP contribution in [0.3, 0.4) is 0 Å². The molecule has 1 aromatic rings. The van der Waals surface area contributed by atoms with Crippen LogP contribution in [0.25, 0.3) is 0 Å². The number of aliphatic hydroxyl groups is 1. The fourth-order valence-corrected chi connectivity index (χ4v) is 2.60. The molecule has 1 N–H and O–H groups in total. The van der Waals surface area contributed by atoms with Crippen LogP contribution in [0.4, 0.5) is 8.78 Å². The standard InChI is InChI=1S/C13H15BrF2O2/c14-11-1-2-12(15)10(13(11)16)6-9(17)5-8-3-4-18-7-8/h1-2,8-9,17H,3-7H2. The summed E-state index contributed by atoms with van der Waals surface area (Å²) in [6.45, 7) is 1.33. The molecular weight excluding hydrogens is 306 g/mol. The van der Waals surface area contributed by atoms with E-state index >= 15 is 0 Å². The van der Waals surface area contributed by atoms with Crippen LogP contribution < -0.4 is 0 Å². The minimum absolute atomic E-state index is 0.00634. The Balaban J connectivity index is 2.01. The van der Waals surface area contributed by atoms with Gasteiger partial charge in [0.05, 0.1) is 10.6 Å². The van der Waals surface area contributed by atoms with E-state index < -0.39 is 17.7 Å². The molecule has 1 aliphatic heterocycles. The second-order valence-electron chi connectivity index (χ2n) is 4.65. The molecule has 2 atom stereocenters. The summed E-state index contributed by atoms with van der Waals surface area (Å²) in [4.78, 5) is 0. The Morgan fingerprint density at radius 1 is 1.44 bits per heavy atom. The lowest BCUT2D eigenvalue weighted by atomic mass is 9.96. The van der Waals surface area contributed by atoms with Gasteiger partial charge >= 0.3 is 0 Å². The van der Waals surface area contributed by atoms with Gasteiger partial charge in [-0.25, -0.2) is 8.78 Å². The summed E-state index contributed by atoms with van der Waals surface area (Å²) >= 11 is 3.02. The summed E-state index contributed by atoms with van der Waals surface area (Å²) < 4.78 is 32.6. The fraction of sp³-hybridized carbons (Fsp3) is 0.538. The highest BCUT2D eigenvalue weighted by Gasteiger charge is 2.22. The van der Waals surface area contributed by atoms with Crippen LogP contribution in [0.5, 0.6) is 0 Å². The summed E-state index contributed by atoms with van der Waals surface area (Å²) in [5.41, 5.74) is -0.0595. The van der Waals surface area contributed by atoms with Gasteiger partial charge in [-0.3, -0.25) is 0 Å². The lowest BCUT2D eigenvalue weighted by molar-refractivity contribution is 0.127. The van der Waals surface area contributed by atoms with E-state index in [1.807, 2.05) is 0 Å². The maximum Gasteiger partial charge on any atom is 0.143 e. The first-order chi connectivity index (χ1) is 8.58. The van der Waals surface area contributed by atoms with E-state index in [9.17, 15) is 13.9 Å². The molecular formula is C13H15BrF2O2. The zero-order valence-corrected chi connectivity index (χ0v) is 11.4. The molecule has 2 rings (SSSR count). The van der Waals surface area contributed by atoms with E-state index in [4.69, 9.17) is 4.74 Å².